The molecule has 98 valence electrons. The summed E-state index contributed by atoms with van der Waals surface area (Å²) in [7, 11) is 0. The van der Waals surface area contributed by atoms with Crippen molar-refractivity contribution in [3.63, 3.8) is 0 Å². The van der Waals surface area contributed by atoms with Gasteiger partial charge in [0.2, 0.25) is 0 Å². The Kier molecular flexibility index (Phi) is 3.24. The zero-order chi connectivity index (χ0) is 13.4. The highest BCUT2D eigenvalue weighted by molar-refractivity contribution is 7.08. The van der Waals surface area contributed by atoms with Crippen molar-refractivity contribution in [3.05, 3.63) is 46.4 Å². The van der Waals surface area contributed by atoms with E-state index < -0.39 is 11.6 Å². The number of aryl methyl sites for hydroxylation is 1. The van der Waals surface area contributed by atoms with Crippen molar-refractivity contribution in [1.29, 1.82) is 0 Å². The highest BCUT2D eigenvalue weighted by atomic mass is 35.5. The van der Waals surface area contributed by atoms with Crippen LogP contribution in [0, 0.1) is 11.6 Å². The van der Waals surface area contributed by atoms with Crippen molar-refractivity contribution in [3.8, 4) is 5.69 Å². The van der Waals surface area contributed by atoms with Crippen molar-refractivity contribution in [1.82, 2.24) is 9.55 Å². The molecule has 3 aromatic rings. The lowest BCUT2D eigenvalue weighted by Crippen LogP contribution is -2.02. The van der Waals surface area contributed by atoms with Crippen LogP contribution in [0.3, 0.4) is 0 Å². The molecule has 6 heteroatoms. The number of rotatable bonds is 3. The van der Waals surface area contributed by atoms with Gasteiger partial charge in [0.1, 0.15) is 11.3 Å². The second-order valence-electron chi connectivity index (χ2n) is 4.01. The first-order chi connectivity index (χ1) is 9.22. The van der Waals surface area contributed by atoms with Gasteiger partial charge in [-0.15, -0.1) is 11.6 Å². The van der Waals surface area contributed by atoms with Gasteiger partial charge in [-0.05, 0) is 23.6 Å². The van der Waals surface area contributed by atoms with Crippen LogP contribution in [-0.2, 0) is 6.42 Å². The predicted molar refractivity (Wildman–Crippen MR) is 73.3 cm³/mol. The van der Waals surface area contributed by atoms with E-state index in [0.717, 1.165) is 11.8 Å². The minimum Gasteiger partial charge on any atom is -0.293 e. The summed E-state index contributed by atoms with van der Waals surface area (Å²) in [6.07, 6.45) is 0.493. The number of thiophene rings is 1. The van der Waals surface area contributed by atoms with E-state index >= 15 is 0 Å². The topological polar surface area (TPSA) is 17.8 Å². The molecule has 0 unspecified atom stereocenters. The van der Waals surface area contributed by atoms with Gasteiger partial charge >= 0.3 is 0 Å². The fourth-order valence-corrected chi connectivity index (χ4v) is 2.85. The average Bonchev–Trinajstić information content (AvgIpc) is 3.01. The molecule has 0 bridgehead atoms. The minimum absolute atomic E-state index is 0.165. The second-order valence-corrected chi connectivity index (χ2v) is 5.17. The molecule has 0 radical (unpaired) electrons. The molecule has 2 heterocycles. The largest absolute Gasteiger partial charge is 0.293 e. The van der Waals surface area contributed by atoms with Crippen LogP contribution in [0.15, 0.2) is 29.0 Å². The lowest BCUT2D eigenvalue weighted by Gasteiger charge is -2.06. The van der Waals surface area contributed by atoms with Crippen LogP contribution in [0.25, 0.3) is 16.7 Å². The summed E-state index contributed by atoms with van der Waals surface area (Å²) in [6.45, 7) is 0. The summed E-state index contributed by atoms with van der Waals surface area (Å²) in [6, 6.07) is 4.41. The standard InChI is InChI=1S/C13H9ClF2N2S/c14-5-3-11-17-10-2-1-9(15)12(16)13(10)18(11)8-4-6-19-7-8/h1-2,4,6-7H,3,5H2. The zero-order valence-electron chi connectivity index (χ0n) is 9.74. The molecule has 0 amide bonds. The Hall–Kier alpha value is -1.46. The van der Waals surface area contributed by atoms with Crippen LogP contribution in [0.5, 0.6) is 0 Å². The van der Waals surface area contributed by atoms with Crippen LogP contribution < -0.4 is 0 Å². The molecular formula is C13H9ClF2N2S. The molecule has 0 N–H and O–H groups in total. The molecule has 0 saturated heterocycles. The third-order valence-electron chi connectivity index (χ3n) is 2.86. The molecule has 1 aromatic carbocycles. The molecule has 0 aliphatic heterocycles. The molecule has 0 atom stereocenters. The van der Waals surface area contributed by atoms with Gasteiger partial charge in [-0.25, -0.2) is 13.8 Å². The maximum Gasteiger partial charge on any atom is 0.185 e. The fourth-order valence-electron chi connectivity index (χ4n) is 2.07. The molecule has 19 heavy (non-hydrogen) atoms. The molecule has 0 aliphatic rings. The minimum atomic E-state index is -0.878. The number of nitrogens with zero attached hydrogens (tertiary/aromatic N) is 2. The maximum atomic E-state index is 14.0. The highest BCUT2D eigenvalue weighted by Crippen LogP contribution is 2.27. The summed E-state index contributed by atoms with van der Waals surface area (Å²) >= 11 is 7.23. The lowest BCUT2D eigenvalue weighted by atomic mass is 10.3. The monoisotopic (exact) mass is 298 g/mol. The van der Waals surface area contributed by atoms with Gasteiger partial charge in [0.25, 0.3) is 0 Å². The van der Waals surface area contributed by atoms with E-state index in [0.29, 0.717) is 23.6 Å². The Labute approximate surface area is 117 Å². The van der Waals surface area contributed by atoms with Gasteiger partial charge in [-0.2, -0.15) is 11.3 Å². The number of hydrogen-bond acceptors (Lipinski definition) is 2. The molecule has 0 aliphatic carbocycles. The van der Waals surface area contributed by atoms with E-state index in [2.05, 4.69) is 4.98 Å². The first-order valence-corrected chi connectivity index (χ1v) is 7.14. The van der Waals surface area contributed by atoms with Crippen LogP contribution in [-0.4, -0.2) is 15.4 Å². The van der Waals surface area contributed by atoms with Gasteiger partial charge in [-0.3, -0.25) is 4.57 Å². The van der Waals surface area contributed by atoms with Crippen molar-refractivity contribution in [2.45, 2.75) is 6.42 Å². The first kappa shape index (κ1) is 12.6. The summed E-state index contributed by atoms with van der Waals surface area (Å²) in [5, 5.41) is 3.74. The lowest BCUT2D eigenvalue weighted by molar-refractivity contribution is 0.514. The number of halogens is 3. The normalized spacial score (nSPS) is 11.3. The van der Waals surface area contributed by atoms with Crippen molar-refractivity contribution < 1.29 is 8.78 Å². The Bertz CT molecular complexity index is 722. The van der Waals surface area contributed by atoms with Gasteiger partial charge in [-0.1, -0.05) is 0 Å². The molecular weight excluding hydrogens is 290 g/mol. The summed E-state index contributed by atoms with van der Waals surface area (Å²) in [5.41, 5.74) is 1.38. The smallest absolute Gasteiger partial charge is 0.185 e. The number of hydrogen-bond donors (Lipinski definition) is 0. The Morgan fingerprint density at radius 2 is 2.11 bits per heavy atom. The van der Waals surface area contributed by atoms with Gasteiger partial charge in [0, 0.05) is 17.7 Å². The molecule has 2 aromatic heterocycles. The molecule has 0 spiro atoms. The maximum absolute atomic E-state index is 14.0. The highest BCUT2D eigenvalue weighted by Gasteiger charge is 2.18. The van der Waals surface area contributed by atoms with Crippen LogP contribution in [0.2, 0.25) is 0 Å². The molecule has 2 nitrogen and oxygen atoms in total. The quantitative estimate of drug-likeness (QED) is 0.664. The van der Waals surface area contributed by atoms with Crippen molar-refractivity contribution in [2.75, 3.05) is 5.88 Å². The number of alkyl halides is 1. The number of imidazole rings is 1. The fraction of sp³-hybridized carbons (Fsp3) is 0.154. The van der Waals surface area contributed by atoms with Crippen LogP contribution in [0.4, 0.5) is 8.78 Å². The van der Waals surface area contributed by atoms with Gasteiger partial charge in [0.05, 0.1) is 11.2 Å². The predicted octanol–water partition coefficient (Wildman–Crippen LogP) is 4.15. The van der Waals surface area contributed by atoms with Gasteiger partial charge < -0.3 is 0 Å². The van der Waals surface area contributed by atoms with E-state index in [4.69, 9.17) is 11.6 Å². The third-order valence-corrected chi connectivity index (χ3v) is 3.72. The summed E-state index contributed by atoms with van der Waals surface area (Å²) in [4.78, 5) is 4.34. The molecule has 0 fully saturated rings. The Morgan fingerprint density at radius 3 is 2.79 bits per heavy atom. The van der Waals surface area contributed by atoms with E-state index in [1.807, 2.05) is 16.8 Å². The number of fused-ring (bicyclic) bond motifs is 1. The summed E-state index contributed by atoms with van der Waals surface area (Å²) in [5.74, 6) is -0.747. The van der Waals surface area contributed by atoms with E-state index in [-0.39, 0.29) is 5.52 Å². The zero-order valence-corrected chi connectivity index (χ0v) is 11.3. The number of benzene rings is 1. The summed E-state index contributed by atoms with van der Waals surface area (Å²) < 4.78 is 29.1. The Balaban J connectivity index is 2.37. The third kappa shape index (κ3) is 2.03. The van der Waals surface area contributed by atoms with E-state index in [9.17, 15) is 8.78 Å². The second kappa shape index (κ2) is 4.90. The van der Waals surface area contributed by atoms with Crippen LogP contribution >= 0.6 is 22.9 Å². The van der Waals surface area contributed by atoms with E-state index in [1.165, 1.54) is 17.4 Å². The average molecular weight is 299 g/mol. The molecule has 3 rings (SSSR count). The number of aromatic nitrogens is 2. The first-order valence-electron chi connectivity index (χ1n) is 5.66. The SMILES string of the molecule is Fc1ccc2nc(CCCl)n(-c3ccsc3)c2c1F. The van der Waals surface area contributed by atoms with Crippen molar-refractivity contribution >= 4 is 34.0 Å². The van der Waals surface area contributed by atoms with Crippen molar-refractivity contribution in [2.24, 2.45) is 0 Å². The van der Waals surface area contributed by atoms with Crippen LogP contribution in [0.1, 0.15) is 5.82 Å². The Morgan fingerprint density at radius 1 is 1.26 bits per heavy atom. The van der Waals surface area contributed by atoms with E-state index in [1.54, 1.807) is 4.57 Å². The van der Waals surface area contributed by atoms with Gasteiger partial charge in [0.15, 0.2) is 11.6 Å². The molecule has 0 saturated carbocycles.